The molecule has 0 aliphatic carbocycles. The van der Waals surface area contributed by atoms with Crippen molar-refractivity contribution in [3.8, 4) is 17.1 Å². The van der Waals surface area contributed by atoms with Gasteiger partial charge < -0.3 is 9.26 Å². The summed E-state index contributed by atoms with van der Waals surface area (Å²) in [5.74, 6) is 1.29. The summed E-state index contributed by atoms with van der Waals surface area (Å²) in [4.78, 5) is 4.52. The quantitative estimate of drug-likeness (QED) is 0.540. The van der Waals surface area contributed by atoms with Crippen molar-refractivity contribution in [1.82, 2.24) is 14.4 Å². The van der Waals surface area contributed by atoms with Crippen LogP contribution < -0.4 is 4.74 Å². The van der Waals surface area contributed by atoms with E-state index in [1.54, 1.807) is 55.6 Å². The van der Waals surface area contributed by atoms with Crippen molar-refractivity contribution < 1.29 is 17.7 Å². The molecule has 8 heteroatoms. The van der Waals surface area contributed by atoms with Crippen molar-refractivity contribution in [3.05, 3.63) is 72.6 Å². The molecule has 0 fully saturated rings. The number of hydrogen-bond donors (Lipinski definition) is 0. The highest BCUT2D eigenvalue weighted by atomic mass is 32.2. The van der Waals surface area contributed by atoms with Gasteiger partial charge in [0.25, 0.3) is 0 Å². The van der Waals surface area contributed by atoms with Crippen LogP contribution >= 0.6 is 0 Å². The molecular formula is C20H21N3O4S. The molecule has 0 spiro atoms. The van der Waals surface area contributed by atoms with Crippen molar-refractivity contribution in [3.63, 3.8) is 0 Å². The molecule has 3 aromatic rings. The smallest absolute Gasteiger partial charge is 0.243 e. The molecule has 0 aliphatic rings. The Hall–Kier alpha value is -2.97. The van der Waals surface area contributed by atoms with E-state index in [9.17, 15) is 8.42 Å². The van der Waals surface area contributed by atoms with Crippen LogP contribution in [0.1, 0.15) is 11.5 Å². The molecule has 0 saturated heterocycles. The molecule has 7 nitrogen and oxygen atoms in total. The van der Waals surface area contributed by atoms with E-state index in [0.29, 0.717) is 11.6 Å². The number of hydrogen-bond acceptors (Lipinski definition) is 6. The number of rotatable bonds is 8. The summed E-state index contributed by atoms with van der Waals surface area (Å²) in [6.45, 7) is 5.62. The first-order valence-electron chi connectivity index (χ1n) is 8.59. The van der Waals surface area contributed by atoms with Gasteiger partial charge in [0.15, 0.2) is 0 Å². The van der Waals surface area contributed by atoms with E-state index in [-0.39, 0.29) is 23.9 Å². The number of methoxy groups -OCH3 is 1. The Morgan fingerprint density at radius 1 is 1.14 bits per heavy atom. The molecule has 0 amide bonds. The van der Waals surface area contributed by atoms with Gasteiger partial charge in [0.05, 0.1) is 18.6 Å². The monoisotopic (exact) mass is 399 g/mol. The van der Waals surface area contributed by atoms with Crippen LogP contribution in [0.25, 0.3) is 11.4 Å². The van der Waals surface area contributed by atoms with Crippen molar-refractivity contribution in [1.29, 1.82) is 0 Å². The SMILES string of the molecule is C=CCN(Cc1nc(-c2ccc(OC)cc2)no1)S(=O)(=O)c1ccc(C)cc1. The van der Waals surface area contributed by atoms with Crippen molar-refractivity contribution in [2.24, 2.45) is 0 Å². The van der Waals surface area contributed by atoms with Crippen LogP contribution in [-0.2, 0) is 16.6 Å². The Kier molecular flexibility index (Phi) is 5.91. The zero-order chi connectivity index (χ0) is 20.1. The molecular weight excluding hydrogens is 378 g/mol. The molecule has 0 unspecified atom stereocenters. The fourth-order valence-electron chi connectivity index (χ4n) is 2.58. The van der Waals surface area contributed by atoms with Crippen LogP contribution in [0, 0.1) is 6.92 Å². The summed E-state index contributed by atoms with van der Waals surface area (Å²) in [7, 11) is -2.14. The zero-order valence-corrected chi connectivity index (χ0v) is 16.5. The molecule has 146 valence electrons. The lowest BCUT2D eigenvalue weighted by Crippen LogP contribution is -2.31. The fraction of sp³-hybridized carbons (Fsp3) is 0.200. The van der Waals surface area contributed by atoms with Crippen LogP contribution in [0.2, 0.25) is 0 Å². The first-order chi connectivity index (χ1) is 13.4. The van der Waals surface area contributed by atoms with Gasteiger partial charge in [0, 0.05) is 12.1 Å². The Morgan fingerprint density at radius 2 is 1.82 bits per heavy atom. The van der Waals surface area contributed by atoms with Gasteiger partial charge in [0.2, 0.25) is 21.7 Å². The summed E-state index contributed by atoms with van der Waals surface area (Å²) in [5, 5.41) is 3.95. The second kappa shape index (κ2) is 8.37. The van der Waals surface area contributed by atoms with Gasteiger partial charge in [-0.3, -0.25) is 0 Å². The molecule has 0 aliphatic heterocycles. The van der Waals surface area contributed by atoms with Crippen LogP contribution in [-0.4, -0.2) is 36.5 Å². The Bertz CT molecular complexity index is 1040. The first-order valence-corrected chi connectivity index (χ1v) is 10.0. The number of benzene rings is 2. The molecule has 0 radical (unpaired) electrons. The van der Waals surface area contributed by atoms with Crippen LogP contribution in [0.15, 0.2) is 70.6 Å². The van der Waals surface area contributed by atoms with E-state index >= 15 is 0 Å². The first kappa shape index (κ1) is 19.8. The van der Waals surface area contributed by atoms with Gasteiger partial charge in [-0.15, -0.1) is 6.58 Å². The number of aryl methyl sites for hydroxylation is 1. The highest BCUT2D eigenvalue weighted by Gasteiger charge is 2.25. The lowest BCUT2D eigenvalue weighted by Gasteiger charge is -2.18. The topological polar surface area (TPSA) is 85.5 Å². The van der Waals surface area contributed by atoms with E-state index in [2.05, 4.69) is 16.7 Å². The largest absolute Gasteiger partial charge is 0.497 e. The maximum atomic E-state index is 13.0. The second-order valence-electron chi connectivity index (χ2n) is 6.14. The molecule has 1 heterocycles. The molecule has 0 atom stereocenters. The van der Waals surface area contributed by atoms with Gasteiger partial charge in [-0.25, -0.2) is 8.42 Å². The summed E-state index contributed by atoms with van der Waals surface area (Å²) < 4.78 is 37.6. The molecule has 0 N–H and O–H groups in total. The number of sulfonamides is 1. The third-order valence-electron chi connectivity index (χ3n) is 4.12. The van der Waals surface area contributed by atoms with Crippen molar-refractivity contribution >= 4 is 10.0 Å². The van der Waals surface area contributed by atoms with E-state index in [1.807, 2.05) is 6.92 Å². The average molecular weight is 399 g/mol. The highest BCUT2D eigenvalue weighted by molar-refractivity contribution is 7.89. The number of nitrogens with zero attached hydrogens (tertiary/aromatic N) is 3. The van der Waals surface area contributed by atoms with Crippen LogP contribution in [0.5, 0.6) is 5.75 Å². The number of aromatic nitrogens is 2. The molecule has 1 aromatic heterocycles. The Labute approximate surface area is 164 Å². The normalized spacial score (nSPS) is 11.5. The summed E-state index contributed by atoms with van der Waals surface area (Å²) in [6, 6.07) is 13.9. The minimum Gasteiger partial charge on any atom is -0.497 e. The fourth-order valence-corrected chi connectivity index (χ4v) is 3.94. The molecule has 2 aromatic carbocycles. The molecule has 28 heavy (non-hydrogen) atoms. The zero-order valence-electron chi connectivity index (χ0n) is 15.7. The predicted molar refractivity (Wildman–Crippen MR) is 105 cm³/mol. The lowest BCUT2D eigenvalue weighted by molar-refractivity contribution is 0.327. The maximum Gasteiger partial charge on any atom is 0.243 e. The lowest BCUT2D eigenvalue weighted by atomic mass is 10.2. The van der Waals surface area contributed by atoms with E-state index in [1.165, 1.54) is 10.4 Å². The minimum absolute atomic E-state index is 0.0502. The molecule has 3 rings (SSSR count). The summed E-state index contributed by atoms with van der Waals surface area (Å²) in [6.07, 6.45) is 1.52. The van der Waals surface area contributed by atoms with Gasteiger partial charge in [-0.2, -0.15) is 9.29 Å². The van der Waals surface area contributed by atoms with Gasteiger partial charge >= 0.3 is 0 Å². The minimum atomic E-state index is -3.72. The Balaban J connectivity index is 1.83. The standard InChI is InChI=1S/C20H21N3O4S/c1-4-13-23(28(24,25)18-11-5-15(2)6-12-18)14-19-21-20(22-27-19)16-7-9-17(26-3)10-8-16/h4-12H,1,13-14H2,2-3H3. The number of ether oxygens (including phenoxy) is 1. The maximum absolute atomic E-state index is 13.0. The van der Waals surface area contributed by atoms with Crippen LogP contribution in [0.3, 0.4) is 0 Å². The van der Waals surface area contributed by atoms with Crippen molar-refractivity contribution in [2.75, 3.05) is 13.7 Å². The second-order valence-corrected chi connectivity index (χ2v) is 8.08. The van der Waals surface area contributed by atoms with E-state index < -0.39 is 10.0 Å². The van der Waals surface area contributed by atoms with E-state index in [0.717, 1.165) is 11.1 Å². The van der Waals surface area contributed by atoms with Gasteiger partial charge in [0.1, 0.15) is 5.75 Å². The van der Waals surface area contributed by atoms with E-state index in [4.69, 9.17) is 9.26 Å². The third kappa shape index (κ3) is 4.29. The third-order valence-corrected chi connectivity index (χ3v) is 5.95. The van der Waals surface area contributed by atoms with Crippen molar-refractivity contribution in [2.45, 2.75) is 18.4 Å². The Morgan fingerprint density at radius 3 is 2.43 bits per heavy atom. The summed E-state index contributed by atoms with van der Waals surface area (Å²) in [5.41, 5.74) is 1.72. The summed E-state index contributed by atoms with van der Waals surface area (Å²) >= 11 is 0. The highest BCUT2D eigenvalue weighted by Crippen LogP contribution is 2.22. The van der Waals surface area contributed by atoms with Gasteiger partial charge in [-0.05, 0) is 43.3 Å². The van der Waals surface area contributed by atoms with Gasteiger partial charge in [-0.1, -0.05) is 28.9 Å². The predicted octanol–water partition coefficient (Wildman–Crippen LogP) is 3.43. The average Bonchev–Trinajstić information content (AvgIpc) is 3.17. The molecule has 0 saturated carbocycles. The van der Waals surface area contributed by atoms with Crippen LogP contribution in [0.4, 0.5) is 0 Å². The molecule has 0 bridgehead atoms.